The molecular formula is C18H24N6O2. The molecule has 0 aliphatic carbocycles. The average molecular weight is 356 g/mol. The van der Waals surface area contributed by atoms with Crippen molar-refractivity contribution in [3.8, 4) is 0 Å². The van der Waals surface area contributed by atoms with E-state index < -0.39 is 6.04 Å². The number of allylic oxidation sites excluding steroid dienone is 1. The number of aromatic nitrogens is 4. The summed E-state index contributed by atoms with van der Waals surface area (Å²) in [5.41, 5.74) is 3.21. The molecule has 0 saturated carbocycles. The van der Waals surface area contributed by atoms with Crippen molar-refractivity contribution in [3.63, 3.8) is 0 Å². The Morgan fingerprint density at radius 2 is 2.00 bits per heavy atom. The van der Waals surface area contributed by atoms with Gasteiger partial charge in [-0.05, 0) is 41.0 Å². The van der Waals surface area contributed by atoms with Crippen LogP contribution in [0.1, 0.15) is 32.4 Å². The summed E-state index contributed by atoms with van der Waals surface area (Å²) in [6.07, 6.45) is 0. The zero-order chi connectivity index (χ0) is 18.8. The first-order valence-corrected chi connectivity index (χ1v) is 8.58. The van der Waals surface area contributed by atoms with Crippen molar-refractivity contribution in [1.82, 2.24) is 20.2 Å². The smallest absolute Gasteiger partial charge is 0.338 e. The maximum atomic E-state index is 12.8. The van der Waals surface area contributed by atoms with E-state index in [1.165, 1.54) is 0 Å². The van der Waals surface area contributed by atoms with Gasteiger partial charge in [-0.2, -0.15) is 4.68 Å². The molecule has 0 fully saturated rings. The van der Waals surface area contributed by atoms with Crippen LogP contribution in [0.15, 0.2) is 35.5 Å². The van der Waals surface area contributed by atoms with Gasteiger partial charge in [-0.25, -0.2) is 4.79 Å². The lowest BCUT2D eigenvalue weighted by Gasteiger charge is -2.28. The van der Waals surface area contributed by atoms with Crippen LogP contribution >= 0.6 is 0 Å². The Morgan fingerprint density at radius 3 is 2.62 bits per heavy atom. The Morgan fingerprint density at radius 1 is 1.31 bits per heavy atom. The summed E-state index contributed by atoms with van der Waals surface area (Å²) in [4.78, 5) is 14.8. The molecule has 0 bridgehead atoms. The van der Waals surface area contributed by atoms with Crippen molar-refractivity contribution in [3.05, 3.63) is 41.1 Å². The Balaban J connectivity index is 2.01. The van der Waals surface area contributed by atoms with Crippen LogP contribution in [0.25, 0.3) is 0 Å². The molecule has 1 atom stereocenters. The zero-order valence-electron chi connectivity index (χ0n) is 15.7. The maximum Gasteiger partial charge on any atom is 0.338 e. The van der Waals surface area contributed by atoms with E-state index in [2.05, 4.69) is 20.8 Å². The van der Waals surface area contributed by atoms with Crippen LogP contribution < -0.4 is 10.2 Å². The molecule has 0 amide bonds. The van der Waals surface area contributed by atoms with Gasteiger partial charge in [-0.1, -0.05) is 31.1 Å². The van der Waals surface area contributed by atoms with Gasteiger partial charge in [0.2, 0.25) is 5.95 Å². The largest absolute Gasteiger partial charge is 0.462 e. The molecule has 0 spiro atoms. The van der Waals surface area contributed by atoms with E-state index in [9.17, 15) is 4.79 Å². The fourth-order valence-corrected chi connectivity index (χ4v) is 2.86. The van der Waals surface area contributed by atoms with E-state index in [1.807, 2.05) is 64.0 Å². The standard InChI is InChI=1S/C18H24N6O2/c1-11(2)10-26-17(25)15-12(3)19-18-20-21-22-24(18)16(15)13-6-8-14(9-7-13)23(4)5/h6-9,11,16H,10H2,1-5H3,(H,19,20,22). The first-order valence-electron chi connectivity index (χ1n) is 8.58. The molecule has 0 saturated heterocycles. The summed E-state index contributed by atoms with van der Waals surface area (Å²) >= 11 is 0. The molecule has 3 rings (SSSR count). The predicted molar refractivity (Wildman–Crippen MR) is 98.8 cm³/mol. The second-order valence-electron chi connectivity index (χ2n) is 6.99. The number of hydrogen-bond donors (Lipinski definition) is 1. The number of fused-ring (bicyclic) bond motifs is 1. The number of carbonyl (C=O) groups excluding carboxylic acids is 1. The SMILES string of the molecule is CC1=C(C(=O)OCC(C)C)C(c2ccc(N(C)C)cc2)n2nnnc2N1. The molecule has 1 aromatic heterocycles. The van der Waals surface area contributed by atoms with Gasteiger partial charge in [0.1, 0.15) is 6.04 Å². The Labute approximate surface area is 152 Å². The molecule has 2 heterocycles. The van der Waals surface area contributed by atoms with E-state index in [0.29, 0.717) is 23.8 Å². The quantitative estimate of drug-likeness (QED) is 0.822. The fraction of sp³-hybridized carbons (Fsp3) is 0.444. The maximum absolute atomic E-state index is 12.8. The molecule has 1 aliphatic rings. The highest BCUT2D eigenvalue weighted by Gasteiger charge is 2.35. The number of anilines is 2. The van der Waals surface area contributed by atoms with Gasteiger partial charge in [0, 0.05) is 25.5 Å². The van der Waals surface area contributed by atoms with Crippen molar-refractivity contribution < 1.29 is 9.53 Å². The Bertz CT molecular complexity index is 822. The average Bonchev–Trinajstić information content (AvgIpc) is 3.06. The number of rotatable bonds is 5. The van der Waals surface area contributed by atoms with Gasteiger partial charge in [-0.3, -0.25) is 0 Å². The number of carbonyl (C=O) groups is 1. The van der Waals surface area contributed by atoms with Crippen LogP contribution in [0.3, 0.4) is 0 Å². The van der Waals surface area contributed by atoms with E-state index >= 15 is 0 Å². The van der Waals surface area contributed by atoms with Gasteiger partial charge in [0.25, 0.3) is 0 Å². The van der Waals surface area contributed by atoms with Gasteiger partial charge < -0.3 is 15.0 Å². The predicted octanol–water partition coefficient (Wildman–Crippen LogP) is 2.23. The second kappa shape index (κ2) is 7.15. The highest BCUT2D eigenvalue weighted by Crippen LogP contribution is 2.35. The van der Waals surface area contributed by atoms with Crippen LogP contribution in [0.4, 0.5) is 11.6 Å². The summed E-state index contributed by atoms with van der Waals surface area (Å²) < 4.78 is 7.11. The van der Waals surface area contributed by atoms with Crippen LogP contribution in [0, 0.1) is 5.92 Å². The Hall–Kier alpha value is -2.90. The minimum Gasteiger partial charge on any atom is -0.462 e. The highest BCUT2D eigenvalue weighted by atomic mass is 16.5. The summed E-state index contributed by atoms with van der Waals surface area (Å²) in [5.74, 6) is 0.411. The van der Waals surface area contributed by atoms with Crippen molar-refractivity contribution in [2.45, 2.75) is 26.8 Å². The van der Waals surface area contributed by atoms with E-state index in [1.54, 1.807) is 4.68 Å². The number of tetrazole rings is 1. The van der Waals surface area contributed by atoms with Crippen molar-refractivity contribution >= 4 is 17.6 Å². The topological polar surface area (TPSA) is 85.2 Å². The number of esters is 1. The van der Waals surface area contributed by atoms with Crippen LogP contribution in [-0.2, 0) is 9.53 Å². The van der Waals surface area contributed by atoms with E-state index in [4.69, 9.17) is 4.74 Å². The summed E-state index contributed by atoms with van der Waals surface area (Å²) in [7, 11) is 3.97. The first kappa shape index (κ1) is 17.9. The first-order chi connectivity index (χ1) is 12.4. The normalized spacial score (nSPS) is 16.3. The molecule has 138 valence electrons. The molecule has 1 N–H and O–H groups in total. The van der Waals surface area contributed by atoms with Crippen LogP contribution in [0.2, 0.25) is 0 Å². The van der Waals surface area contributed by atoms with Crippen molar-refractivity contribution in [2.75, 3.05) is 30.9 Å². The number of nitrogens with one attached hydrogen (secondary N) is 1. The number of nitrogens with zero attached hydrogens (tertiary/aromatic N) is 5. The van der Waals surface area contributed by atoms with Gasteiger partial charge >= 0.3 is 5.97 Å². The second-order valence-corrected chi connectivity index (χ2v) is 6.99. The molecule has 26 heavy (non-hydrogen) atoms. The third kappa shape index (κ3) is 3.40. The van der Waals surface area contributed by atoms with Crippen LogP contribution in [-0.4, -0.2) is 46.9 Å². The van der Waals surface area contributed by atoms with Crippen LogP contribution in [0.5, 0.6) is 0 Å². The van der Waals surface area contributed by atoms with E-state index in [-0.39, 0.29) is 11.9 Å². The van der Waals surface area contributed by atoms with Gasteiger partial charge in [0.05, 0.1) is 12.2 Å². The number of benzene rings is 1. The monoisotopic (exact) mass is 356 g/mol. The molecule has 1 aliphatic heterocycles. The molecule has 8 nitrogen and oxygen atoms in total. The lowest BCUT2D eigenvalue weighted by Crippen LogP contribution is -2.30. The molecule has 1 unspecified atom stereocenters. The lowest BCUT2D eigenvalue weighted by atomic mass is 9.95. The molecular weight excluding hydrogens is 332 g/mol. The number of hydrogen-bond acceptors (Lipinski definition) is 7. The van der Waals surface area contributed by atoms with Crippen molar-refractivity contribution in [2.24, 2.45) is 5.92 Å². The van der Waals surface area contributed by atoms with Gasteiger partial charge in [-0.15, -0.1) is 0 Å². The fourth-order valence-electron chi connectivity index (χ4n) is 2.86. The summed E-state index contributed by atoms with van der Waals surface area (Å²) in [6, 6.07) is 7.55. The molecule has 0 radical (unpaired) electrons. The minimum atomic E-state index is -0.433. The van der Waals surface area contributed by atoms with Crippen molar-refractivity contribution in [1.29, 1.82) is 0 Å². The molecule has 2 aromatic rings. The molecule has 8 heteroatoms. The third-order valence-corrected chi connectivity index (χ3v) is 4.21. The highest BCUT2D eigenvalue weighted by molar-refractivity contribution is 5.92. The van der Waals surface area contributed by atoms with Gasteiger partial charge in [0.15, 0.2) is 0 Å². The Kier molecular flexibility index (Phi) is 4.92. The minimum absolute atomic E-state index is 0.262. The summed E-state index contributed by atoms with van der Waals surface area (Å²) in [6.45, 7) is 6.21. The lowest BCUT2D eigenvalue weighted by molar-refractivity contribution is -0.140. The zero-order valence-corrected chi connectivity index (χ0v) is 15.7. The third-order valence-electron chi connectivity index (χ3n) is 4.21. The number of ether oxygens (including phenoxy) is 1. The molecule has 1 aromatic carbocycles. The summed E-state index contributed by atoms with van der Waals surface area (Å²) in [5, 5.41) is 14.9. The van der Waals surface area contributed by atoms with E-state index in [0.717, 1.165) is 11.3 Å².